The van der Waals surface area contributed by atoms with Crippen molar-refractivity contribution in [3.8, 4) is 0 Å². The fourth-order valence-electron chi connectivity index (χ4n) is 4.46. The number of rotatable bonds is 14. The standard InChI is InChI=1S/C31H37BrClN3O4S/c1-4-23(2)34-31(38)29(20-24-11-6-5-7-12-24)35(22-25-13-8-14-26(32)19-25)30(37)17-10-18-36(41(3,39)40)28-16-9-15-27(33)21-28/h5-9,11-16,19,21,23,29H,4,10,17-18,20,22H2,1-3H3,(H,34,38)/t23-,29+/m1/s1. The van der Waals surface area contributed by atoms with E-state index in [1.165, 1.54) is 4.31 Å². The van der Waals surface area contributed by atoms with Crippen LogP contribution in [0, 0.1) is 0 Å². The van der Waals surface area contributed by atoms with Crippen LogP contribution in [0.25, 0.3) is 0 Å². The lowest BCUT2D eigenvalue weighted by molar-refractivity contribution is -0.141. The van der Waals surface area contributed by atoms with Crippen molar-refractivity contribution >= 4 is 55.1 Å². The van der Waals surface area contributed by atoms with E-state index in [1.807, 2.05) is 68.4 Å². The topological polar surface area (TPSA) is 86.8 Å². The predicted octanol–water partition coefficient (Wildman–Crippen LogP) is 6.20. The largest absolute Gasteiger partial charge is 0.352 e. The molecule has 0 spiro atoms. The lowest BCUT2D eigenvalue weighted by Gasteiger charge is -2.32. The molecule has 0 aliphatic heterocycles. The van der Waals surface area contributed by atoms with Crippen LogP contribution >= 0.6 is 27.5 Å². The van der Waals surface area contributed by atoms with Gasteiger partial charge in [-0.15, -0.1) is 0 Å². The molecule has 0 heterocycles. The summed E-state index contributed by atoms with van der Waals surface area (Å²) in [5, 5.41) is 3.48. The molecule has 10 heteroatoms. The van der Waals surface area contributed by atoms with Crippen LogP contribution in [-0.4, -0.2) is 50.0 Å². The summed E-state index contributed by atoms with van der Waals surface area (Å²) in [7, 11) is -3.61. The van der Waals surface area contributed by atoms with Crippen molar-refractivity contribution in [3.05, 3.63) is 99.5 Å². The van der Waals surface area contributed by atoms with E-state index >= 15 is 0 Å². The Bertz CT molecular complexity index is 1420. The van der Waals surface area contributed by atoms with Gasteiger partial charge < -0.3 is 10.2 Å². The summed E-state index contributed by atoms with van der Waals surface area (Å²) < 4.78 is 27.3. The molecule has 3 aromatic carbocycles. The van der Waals surface area contributed by atoms with Gasteiger partial charge in [-0.05, 0) is 61.2 Å². The van der Waals surface area contributed by atoms with E-state index in [2.05, 4.69) is 21.2 Å². The van der Waals surface area contributed by atoms with E-state index in [0.29, 0.717) is 17.1 Å². The third-order valence-electron chi connectivity index (χ3n) is 6.76. The molecule has 3 aromatic rings. The number of hydrogen-bond acceptors (Lipinski definition) is 4. The number of carbonyl (C=O) groups excluding carboxylic acids is 2. The number of carbonyl (C=O) groups is 2. The van der Waals surface area contributed by atoms with Crippen molar-refractivity contribution < 1.29 is 18.0 Å². The third-order valence-corrected chi connectivity index (χ3v) is 8.68. The number of sulfonamides is 1. The number of nitrogens with one attached hydrogen (secondary N) is 1. The number of nitrogens with zero attached hydrogens (tertiary/aromatic N) is 2. The SMILES string of the molecule is CC[C@@H](C)NC(=O)[C@H](Cc1ccccc1)N(Cc1cccc(Br)c1)C(=O)CCCN(c1cccc(Cl)c1)S(C)(=O)=O. The predicted molar refractivity (Wildman–Crippen MR) is 169 cm³/mol. The third kappa shape index (κ3) is 10.2. The smallest absolute Gasteiger partial charge is 0.243 e. The number of halogens is 2. The average molecular weight is 663 g/mol. The van der Waals surface area contributed by atoms with Gasteiger partial charge in [0.2, 0.25) is 21.8 Å². The summed E-state index contributed by atoms with van der Waals surface area (Å²) in [5.41, 5.74) is 2.25. The van der Waals surface area contributed by atoms with Crippen LogP contribution < -0.4 is 9.62 Å². The number of anilines is 1. The second kappa shape index (κ2) is 15.4. The normalized spacial score (nSPS) is 12.8. The molecule has 2 amide bonds. The lowest BCUT2D eigenvalue weighted by Crippen LogP contribution is -2.52. The fraction of sp³-hybridized carbons (Fsp3) is 0.355. The van der Waals surface area contributed by atoms with E-state index in [9.17, 15) is 18.0 Å². The Kier molecular flexibility index (Phi) is 12.2. The van der Waals surface area contributed by atoms with Gasteiger partial charge in [0.1, 0.15) is 6.04 Å². The zero-order valence-corrected chi connectivity index (χ0v) is 26.8. The van der Waals surface area contributed by atoms with Crippen molar-refractivity contribution in [2.45, 2.75) is 58.2 Å². The molecule has 0 aliphatic carbocycles. The van der Waals surface area contributed by atoms with Crippen molar-refractivity contribution in [2.24, 2.45) is 0 Å². The van der Waals surface area contributed by atoms with Crippen LogP contribution in [0.15, 0.2) is 83.3 Å². The first-order valence-electron chi connectivity index (χ1n) is 13.6. The first-order valence-corrected chi connectivity index (χ1v) is 16.6. The molecule has 0 bridgehead atoms. The number of amides is 2. The van der Waals surface area contributed by atoms with Gasteiger partial charge in [0.05, 0.1) is 11.9 Å². The van der Waals surface area contributed by atoms with E-state index in [0.717, 1.165) is 28.3 Å². The average Bonchev–Trinajstić information content (AvgIpc) is 2.92. The molecule has 0 unspecified atom stereocenters. The fourth-order valence-corrected chi connectivity index (χ4v) is 6.05. The molecule has 1 N–H and O–H groups in total. The van der Waals surface area contributed by atoms with Crippen LogP contribution in [0.5, 0.6) is 0 Å². The highest BCUT2D eigenvalue weighted by Crippen LogP contribution is 2.23. The molecule has 3 rings (SSSR count). The molecule has 0 fully saturated rings. The minimum Gasteiger partial charge on any atom is -0.352 e. The second-order valence-corrected chi connectivity index (χ2v) is 13.4. The molecule has 0 saturated heterocycles. The molecule has 0 radical (unpaired) electrons. The first kappa shape index (κ1) is 32.6. The van der Waals surface area contributed by atoms with Crippen LogP contribution in [0.2, 0.25) is 5.02 Å². The van der Waals surface area contributed by atoms with Crippen molar-refractivity contribution in [1.29, 1.82) is 0 Å². The van der Waals surface area contributed by atoms with Gasteiger partial charge in [0, 0.05) is 41.5 Å². The second-order valence-electron chi connectivity index (χ2n) is 10.1. The minimum atomic E-state index is -3.61. The highest BCUT2D eigenvalue weighted by Gasteiger charge is 2.31. The summed E-state index contributed by atoms with van der Waals surface area (Å²) in [6.07, 6.45) is 2.56. The molecular weight excluding hydrogens is 626 g/mol. The van der Waals surface area contributed by atoms with Crippen LogP contribution in [-0.2, 0) is 32.6 Å². The summed E-state index contributed by atoms with van der Waals surface area (Å²) in [6.45, 7) is 4.26. The summed E-state index contributed by atoms with van der Waals surface area (Å²) in [4.78, 5) is 29.1. The van der Waals surface area contributed by atoms with Gasteiger partial charge in [0.25, 0.3) is 0 Å². The maximum Gasteiger partial charge on any atom is 0.243 e. The van der Waals surface area contributed by atoms with Crippen molar-refractivity contribution in [3.63, 3.8) is 0 Å². The molecule has 41 heavy (non-hydrogen) atoms. The quantitative estimate of drug-likeness (QED) is 0.223. The molecule has 7 nitrogen and oxygen atoms in total. The van der Waals surface area contributed by atoms with Crippen LogP contribution in [0.1, 0.15) is 44.2 Å². The van der Waals surface area contributed by atoms with E-state index in [1.54, 1.807) is 29.2 Å². The van der Waals surface area contributed by atoms with E-state index in [-0.39, 0.29) is 43.8 Å². The minimum absolute atomic E-state index is 0.0513. The Morgan fingerprint density at radius 1 is 0.976 bits per heavy atom. The van der Waals surface area contributed by atoms with Crippen LogP contribution in [0.4, 0.5) is 5.69 Å². The monoisotopic (exact) mass is 661 g/mol. The van der Waals surface area contributed by atoms with Gasteiger partial charge in [-0.3, -0.25) is 13.9 Å². The molecule has 0 saturated carbocycles. The Labute approximate surface area is 257 Å². The van der Waals surface area contributed by atoms with Gasteiger partial charge in [0.15, 0.2) is 0 Å². The van der Waals surface area contributed by atoms with Gasteiger partial charge in [-0.25, -0.2) is 8.42 Å². The lowest BCUT2D eigenvalue weighted by atomic mass is 10.0. The zero-order valence-electron chi connectivity index (χ0n) is 23.6. The molecular formula is C31H37BrClN3O4S. The summed E-state index contributed by atoms with van der Waals surface area (Å²) in [6, 6.07) is 23.1. The van der Waals surface area contributed by atoms with E-state index in [4.69, 9.17) is 11.6 Å². The van der Waals surface area contributed by atoms with Crippen molar-refractivity contribution in [2.75, 3.05) is 17.1 Å². The Hall–Kier alpha value is -2.88. The Morgan fingerprint density at radius 3 is 2.29 bits per heavy atom. The first-order chi connectivity index (χ1) is 19.5. The van der Waals surface area contributed by atoms with Crippen molar-refractivity contribution in [1.82, 2.24) is 10.2 Å². The highest BCUT2D eigenvalue weighted by atomic mass is 79.9. The number of benzene rings is 3. The van der Waals surface area contributed by atoms with E-state index < -0.39 is 16.1 Å². The molecule has 0 aromatic heterocycles. The van der Waals surface area contributed by atoms with Gasteiger partial charge >= 0.3 is 0 Å². The molecule has 2 atom stereocenters. The highest BCUT2D eigenvalue weighted by molar-refractivity contribution is 9.10. The van der Waals surface area contributed by atoms with Gasteiger partial charge in [-0.2, -0.15) is 0 Å². The van der Waals surface area contributed by atoms with Crippen LogP contribution in [0.3, 0.4) is 0 Å². The zero-order chi connectivity index (χ0) is 30.0. The Morgan fingerprint density at radius 2 is 1.66 bits per heavy atom. The maximum absolute atomic E-state index is 13.9. The summed E-state index contributed by atoms with van der Waals surface area (Å²) >= 11 is 9.61. The molecule has 220 valence electrons. The summed E-state index contributed by atoms with van der Waals surface area (Å²) in [5.74, 6) is -0.451. The maximum atomic E-state index is 13.9. The van der Waals surface area contributed by atoms with Gasteiger partial charge in [-0.1, -0.05) is 83.0 Å². The Balaban J connectivity index is 1.89. The number of hydrogen-bond donors (Lipinski definition) is 1. The molecule has 0 aliphatic rings.